The van der Waals surface area contributed by atoms with Crippen LogP contribution in [0.1, 0.15) is 44.2 Å². The van der Waals surface area contributed by atoms with E-state index in [0.29, 0.717) is 18.0 Å². The molecule has 9 heteroatoms. The number of nitrogens with one attached hydrogen (secondary N) is 3. The molecule has 4 unspecified atom stereocenters. The fourth-order valence-electron chi connectivity index (χ4n) is 6.39. The van der Waals surface area contributed by atoms with Gasteiger partial charge in [-0.25, -0.2) is 0 Å². The van der Waals surface area contributed by atoms with E-state index in [0.717, 1.165) is 54.1 Å². The third kappa shape index (κ3) is 5.26. The summed E-state index contributed by atoms with van der Waals surface area (Å²) in [6.45, 7) is 11.0. The predicted octanol–water partition coefficient (Wildman–Crippen LogP) is 4.30. The number of nitrogens with zero attached hydrogens (tertiary/aromatic N) is 1. The van der Waals surface area contributed by atoms with Crippen molar-refractivity contribution >= 4 is 45.0 Å². The van der Waals surface area contributed by atoms with E-state index < -0.39 is 17.4 Å². The Labute approximate surface area is 238 Å². The van der Waals surface area contributed by atoms with Gasteiger partial charge < -0.3 is 20.7 Å². The quantitative estimate of drug-likeness (QED) is 0.459. The standard InChI is InChI=1S/C29H36BrClN4O3/c1-28(2,3)17-23-29(21-8-7-20(31)16-22(21)33-27(29)37)24(18-5-4-6-19(30)15-18)25(34-23)26(36)32-9-10-35-11-13-38-14-12-35/h4-8,15-16,23-25,34H,9-14,17H2,1-3H3,(H,32,36)(H,33,37). The molecule has 4 atom stereocenters. The first kappa shape index (κ1) is 27.6. The third-order valence-electron chi connectivity index (χ3n) is 7.94. The van der Waals surface area contributed by atoms with Crippen LogP contribution in [-0.2, 0) is 19.7 Å². The van der Waals surface area contributed by atoms with Crippen LogP contribution in [-0.4, -0.2) is 68.2 Å². The number of rotatable bonds is 6. The lowest BCUT2D eigenvalue weighted by molar-refractivity contribution is -0.124. The molecule has 0 aliphatic carbocycles. The molecule has 0 radical (unpaired) electrons. The number of anilines is 1. The van der Waals surface area contributed by atoms with Crippen LogP contribution < -0.4 is 16.0 Å². The summed E-state index contributed by atoms with van der Waals surface area (Å²) < 4.78 is 6.35. The van der Waals surface area contributed by atoms with Crippen molar-refractivity contribution in [1.82, 2.24) is 15.5 Å². The monoisotopic (exact) mass is 602 g/mol. The van der Waals surface area contributed by atoms with Crippen molar-refractivity contribution in [2.45, 2.75) is 50.6 Å². The minimum Gasteiger partial charge on any atom is -0.379 e. The van der Waals surface area contributed by atoms with Gasteiger partial charge in [-0.2, -0.15) is 0 Å². The van der Waals surface area contributed by atoms with Gasteiger partial charge in [-0.1, -0.05) is 66.5 Å². The van der Waals surface area contributed by atoms with Crippen LogP contribution in [0.5, 0.6) is 0 Å². The molecule has 2 saturated heterocycles. The Morgan fingerprint density at radius 1 is 1.21 bits per heavy atom. The maximum Gasteiger partial charge on any atom is 0.237 e. The zero-order chi connectivity index (χ0) is 27.1. The minimum absolute atomic E-state index is 0.0797. The second kappa shape index (κ2) is 10.9. The van der Waals surface area contributed by atoms with Crippen LogP contribution in [0.15, 0.2) is 46.9 Å². The summed E-state index contributed by atoms with van der Waals surface area (Å²) >= 11 is 9.95. The van der Waals surface area contributed by atoms with Crippen molar-refractivity contribution in [3.05, 3.63) is 63.1 Å². The van der Waals surface area contributed by atoms with Gasteiger partial charge >= 0.3 is 0 Å². The first-order valence-electron chi connectivity index (χ1n) is 13.3. The largest absolute Gasteiger partial charge is 0.379 e. The van der Waals surface area contributed by atoms with E-state index in [4.69, 9.17) is 16.3 Å². The summed E-state index contributed by atoms with van der Waals surface area (Å²) in [6, 6.07) is 12.7. The Hall–Kier alpha value is -1.97. The van der Waals surface area contributed by atoms with Gasteiger partial charge in [-0.3, -0.25) is 14.5 Å². The number of morpholine rings is 1. The molecule has 3 heterocycles. The molecule has 0 bridgehead atoms. The molecule has 5 rings (SSSR count). The van der Waals surface area contributed by atoms with Crippen molar-refractivity contribution in [2.24, 2.45) is 5.41 Å². The van der Waals surface area contributed by atoms with Gasteiger partial charge in [0.1, 0.15) is 5.41 Å². The molecule has 0 aromatic heterocycles. The van der Waals surface area contributed by atoms with Crippen molar-refractivity contribution in [3.63, 3.8) is 0 Å². The number of halogens is 2. The van der Waals surface area contributed by atoms with E-state index in [2.05, 4.69) is 57.6 Å². The topological polar surface area (TPSA) is 82.7 Å². The zero-order valence-corrected chi connectivity index (χ0v) is 24.5. The van der Waals surface area contributed by atoms with E-state index >= 15 is 0 Å². The fraction of sp³-hybridized carbons (Fsp3) is 0.517. The number of ether oxygens (including phenoxy) is 1. The highest BCUT2D eigenvalue weighted by Crippen LogP contribution is 2.56. The van der Waals surface area contributed by atoms with E-state index in [9.17, 15) is 9.59 Å². The predicted molar refractivity (Wildman–Crippen MR) is 154 cm³/mol. The van der Waals surface area contributed by atoms with Crippen LogP contribution in [0.3, 0.4) is 0 Å². The van der Waals surface area contributed by atoms with Gasteiger partial charge in [0.05, 0.1) is 19.3 Å². The second-order valence-corrected chi connectivity index (χ2v) is 13.1. The maximum absolute atomic E-state index is 14.2. The average Bonchev–Trinajstić information content (AvgIpc) is 3.33. The molecular formula is C29H36BrClN4O3. The first-order valence-corrected chi connectivity index (χ1v) is 14.5. The van der Waals surface area contributed by atoms with Crippen LogP contribution in [0.4, 0.5) is 5.69 Å². The van der Waals surface area contributed by atoms with Crippen molar-refractivity contribution in [2.75, 3.05) is 44.7 Å². The molecule has 2 aromatic rings. The summed E-state index contributed by atoms with van der Waals surface area (Å²) in [4.78, 5) is 30.4. The Morgan fingerprint density at radius 2 is 1.97 bits per heavy atom. The lowest BCUT2D eigenvalue weighted by Gasteiger charge is -2.37. The summed E-state index contributed by atoms with van der Waals surface area (Å²) in [5.74, 6) is -0.600. The molecule has 2 amide bonds. The average molecular weight is 604 g/mol. The van der Waals surface area contributed by atoms with Crippen LogP contribution in [0.2, 0.25) is 5.02 Å². The molecule has 204 valence electrons. The lowest BCUT2D eigenvalue weighted by atomic mass is 9.62. The number of hydrogen-bond donors (Lipinski definition) is 3. The van der Waals surface area contributed by atoms with Crippen LogP contribution in [0, 0.1) is 5.41 Å². The van der Waals surface area contributed by atoms with Crippen LogP contribution in [0.25, 0.3) is 0 Å². The maximum atomic E-state index is 14.2. The summed E-state index contributed by atoms with van der Waals surface area (Å²) in [7, 11) is 0. The van der Waals surface area contributed by atoms with E-state index in [1.165, 1.54) is 0 Å². The van der Waals surface area contributed by atoms with Gasteiger partial charge in [0.15, 0.2) is 0 Å². The molecule has 3 aliphatic heterocycles. The number of fused-ring (bicyclic) bond motifs is 2. The van der Waals surface area contributed by atoms with Gasteiger partial charge in [0.25, 0.3) is 0 Å². The summed E-state index contributed by atoms with van der Waals surface area (Å²) in [5.41, 5.74) is 1.50. The molecule has 3 N–H and O–H groups in total. The normalized spacial score (nSPS) is 27.4. The molecule has 7 nitrogen and oxygen atoms in total. The summed E-state index contributed by atoms with van der Waals surface area (Å²) in [5, 5.41) is 10.5. The highest BCUT2D eigenvalue weighted by atomic mass is 79.9. The van der Waals surface area contributed by atoms with Crippen molar-refractivity contribution in [3.8, 4) is 0 Å². The van der Waals surface area contributed by atoms with Crippen LogP contribution >= 0.6 is 27.5 Å². The zero-order valence-electron chi connectivity index (χ0n) is 22.2. The molecule has 2 aromatic carbocycles. The number of carbonyl (C=O) groups is 2. The smallest absolute Gasteiger partial charge is 0.237 e. The van der Waals surface area contributed by atoms with Gasteiger partial charge in [-0.15, -0.1) is 0 Å². The first-order chi connectivity index (χ1) is 18.1. The highest BCUT2D eigenvalue weighted by molar-refractivity contribution is 9.10. The molecule has 2 fully saturated rings. The van der Waals surface area contributed by atoms with E-state index in [-0.39, 0.29) is 23.3 Å². The third-order valence-corrected chi connectivity index (χ3v) is 8.67. The Bertz CT molecular complexity index is 1210. The number of amides is 2. The molecular weight excluding hydrogens is 568 g/mol. The Morgan fingerprint density at radius 3 is 2.68 bits per heavy atom. The van der Waals surface area contributed by atoms with Crippen molar-refractivity contribution < 1.29 is 14.3 Å². The second-order valence-electron chi connectivity index (χ2n) is 11.8. The molecule has 0 saturated carbocycles. The fourth-order valence-corrected chi connectivity index (χ4v) is 6.98. The van der Waals surface area contributed by atoms with Crippen molar-refractivity contribution in [1.29, 1.82) is 0 Å². The van der Waals surface area contributed by atoms with E-state index in [1.807, 2.05) is 42.5 Å². The lowest BCUT2D eigenvalue weighted by Crippen LogP contribution is -2.49. The van der Waals surface area contributed by atoms with Gasteiger partial charge in [0, 0.05) is 53.3 Å². The number of benzene rings is 2. The summed E-state index contributed by atoms with van der Waals surface area (Å²) in [6.07, 6.45) is 0.713. The van der Waals surface area contributed by atoms with Gasteiger partial charge in [-0.05, 0) is 47.2 Å². The highest BCUT2D eigenvalue weighted by Gasteiger charge is 2.65. The Kier molecular flexibility index (Phi) is 7.91. The SMILES string of the molecule is CC(C)(C)CC1NC(C(=O)NCCN2CCOCC2)C(c2cccc(Br)c2)C12C(=O)Nc1cc(Cl)ccc12. The van der Waals surface area contributed by atoms with Gasteiger partial charge in [0.2, 0.25) is 11.8 Å². The van der Waals surface area contributed by atoms with E-state index in [1.54, 1.807) is 0 Å². The Balaban J connectivity index is 1.55. The minimum atomic E-state index is -0.972. The molecule has 38 heavy (non-hydrogen) atoms. The molecule has 1 spiro atoms. The number of carbonyl (C=O) groups excluding carboxylic acids is 2. The molecule has 3 aliphatic rings. The number of hydrogen-bond acceptors (Lipinski definition) is 5.